The largest absolute Gasteiger partial charge is 0.331 e. The van der Waals surface area contributed by atoms with Gasteiger partial charge in [0, 0.05) is 18.4 Å². The van der Waals surface area contributed by atoms with Crippen LogP contribution in [0.4, 0.5) is 0 Å². The molecule has 2 rings (SSSR count). The number of hydrogen-bond acceptors (Lipinski definition) is 2. The summed E-state index contributed by atoms with van der Waals surface area (Å²) in [6, 6.07) is 0.692. The maximum absolute atomic E-state index is 5.80. The van der Waals surface area contributed by atoms with Gasteiger partial charge < -0.3 is 10.3 Å². The predicted octanol–water partition coefficient (Wildman–Crippen LogP) is 0.848. The van der Waals surface area contributed by atoms with Gasteiger partial charge in [-0.25, -0.2) is 4.98 Å². The van der Waals surface area contributed by atoms with E-state index in [9.17, 15) is 0 Å². The summed E-state index contributed by atoms with van der Waals surface area (Å²) < 4.78 is 2.14. The van der Waals surface area contributed by atoms with Crippen molar-refractivity contribution in [1.82, 2.24) is 9.55 Å². The first-order chi connectivity index (χ1) is 4.79. The van der Waals surface area contributed by atoms with Crippen LogP contribution in [0.1, 0.15) is 31.3 Å². The highest BCUT2D eigenvalue weighted by atomic mass is 15.1. The maximum Gasteiger partial charge on any atom is 0.125 e. The lowest BCUT2D eigenvalue weighted by Gasteiger charge is -2.02. The van der Waals surface area contributed by atoms with E-state index in [0.717, 1.165) is 12.2 Å². The molecule has 0 aromatic carbocycles. The summed E-state index contributed by atoms with van der Waals surface area (Å²) >= 11 is 0. The van der Waals surface area contributed by atoms with Crippen molar-refractivity contribution in [2.45, 2.75) is 25.4 Å². The highest BCUT2D eigenvalue weighted by Gasteiger charge is 2.25. The van der Waals surface area contributed by atoms with Crippen LogP contribution >= 0.6 is 0 Å². The Morgan fingerprint density at radius 1 is 1.80 bits per heavy atom. The van der Waals surface area contributed by atoms with E-state index in [0.29, 0.717) is 6.04 Å². The molecule has 54 valence electrons. The molecular weight excluding hydrogens is 126 g/mol. The number of imidazole rings is 1. The lowest BCUT2D eigenvalue weighted by molar-refractivity contribution is 0.554. The molecule has 2 N–H and O–H groups in total. The minimum absolute atomic E-state index is 0.157. The molecular formula is C7H11N3. The number of hydrogen-bond donors (Lipinski definition) is 1. The summed E-state index contributed by atoms with van der Waals surface area (Å²) in [5, 5.41) is 0. The predicted molar refractivity (Wildman–Crippen MR) is 38.5 cm³/mol. The number of rotatable bonds is 0. The molecule has 1 aliphatic rings. The first-order valence-corrected chi connectivity index (χ1v) is 3.57. The average molecular weight is 137 g/mol. The molecule has 0 fully saturated rings. The van der Waals surface area contributed by atoms with Gasteiger partial charge in [-0.3, -0.25) is 0 Å². The Balaban J connectivity index is 2.48. The Labute approximate surface area is 59.9 Å². The van der Waals surface area contributed by atoms with Gasteiger partial charge in [-0.05, 0) is 13.3 Å². The molecule has 0 spiro atoms. The van der Waals surface area contributed by atoms with Gasteiger partial charge in [-0.1, -0.05) is 0 Å². The van der Waals surface area contributed by atoms with Crippen LogP contribution in [-0.2, 0) is 0 Å². The minimum atomic E-state index is 0.157. The molecule has 3 nitrogen and oxygen atoms in total. The van der Waals surface area contributed by atoms with Gasteiger partial charge in [0.05, 0.1) is 6.04 Å². The highest BCUT2D eigenvalue weighted by Crippen LogP contribution is 2.30. The van der Waals surface area contributed by atoms with Gasteiger partial charge in [-0.15, -0.1) is 0 Å². The number of aromatic nitrogens is 2. The van der Waals surface area contributed by atoms with Crippen molar-refractivity contribution >= 4 is 0 Å². The van der Waals surface area contributed by atoms with Crippen molar-refractivity contribution in [3.63, 3.8) is 0 Å². The molecule has 1 aliphatic heterocycles. The van der Waals surface area contributed by atoms with E-state index >= 15 is 0 Å². The number of nitrogens with two attached hydrogens (primary N) is 1. The van der Waals surface area contributed by atoms with Crippen LogP contribution in [0.3, 0.4) is 0 Å². The fourth-order valence-corrected chi connectivity index (χ4v) is 1.57. The second-order valence-corrected chi connectivity index (χ2v) is 2.88. The zero-order chi connectivity index (χ0) is 7.14. The van der Waals surface area contributed by atoms with Crippen LogP contribution in [0, 0.1) is 0 Å². The van der Waals surface area contributed by atoms with Crippen molar-refractivity contribution < 1.29 is 0 Å². The summed E-state index contributed by atoms with van der Waals surface area (Å²) in [5.74, 6) is 1.03. The second kappa shape index (κ2) is 1.83. The van der Waals surface area contributed by atoms with E-state index in [1.54, 1.807) is 0 Å². The van der Waals surface area contributed by atoms with Crippen molar-refractivity contribution in [2.24, 2.45) is 5.73 Å². The first kappa shape index (κ1) is 5.92. The van der Waals surface area contributed by atoms with E-state index in [-0.39, 0.29) is 6.04 Å². The molecule has 0 aliphatic carbocycles. The molecule has 0 saturated heterocycles. The van der Waals surface area contributed by atoms with Crippen LogP contribution < -0.4 is 5.73 Å². The molecule has 1 aromatic heterocycles. The van der Waals surface area contributed by atoms with Crippen LogP contribution in [-0.4, -0.2) is 9.55 Å². The Bertz CT molecular complexity index is 218. The Morgan fingerprint density at radius 3 is 3.30 bits per heavy atom. The van der Waals surface area contributed by atoms with Crippen molar-refractivity contribution in [1.29, 1.82) is 0 Å². The third-order valence-electron chi connectivity index (χ3n) is 2.10. The molecule has 3 heteroatoms. The highest BCUT2D eigenvalue weighted by molar-refractivity contribution is 5.06. The molecule has 0 radical (unpaired) electrons. The van der Waals surface area contributed by atoms with Gasteiger partial charge in [0.25, 0.3) is 0 Å². The van der Waals surface area contributed by atoms with Gasteiger partial charge in [0.15, 0.2) is 0 Å². The van der Waals surface area contributed by atoms with E-state index in [4.69, 9.17) is 5.73 Å². The third-order valence-corrected chi connectivity index (χ3v) is 2.10. The molecule has 10 heavy (non-hydrogen) atoms. The molecule has 0 bridgehead atoms. The topological polar surface area (TPSA) is 43.8 Å². The fraction of sp³-hybridized carbons (Fsp3) is 0.571. The Morgan fingerprint density at radius 2 is 2.60 bits per heavy atom. The van der Waals surface area contributed by atoms with Crippen LogP contribution in [0.15, 0.2) is 12.4 Å². The smallest absolute Gasteiger partial charge is 0.125 e. The Hall–Kier alpha value is -0.830. The molecule has 0 unspecified atom stereocenters. The third kappa shape index (κ3) is 0.609. The summed E-state index contributed by atoms with van der Waals surface area (Å²) in [6.45, 7) is 2.16. The molecule has 2 atom stereocenters. The average Bonchev–Trinajstić information content (AvgIpc) is 2.39. The van der Waals surface area contributed by atoms with Crippen molar-refractivity contribution in [3.8, 4) is 0 Å². The zero-order valence-corrected chi connectivity index (χ0v) is 5.99. The van der Waals surface area contributed by atoms with Crippen LogP contribution in [0.25, 0.3) is 0 Å². The van der Waals surface area contributed by atoms with E-state index < -0.39 is 0 Å². The standard InChI is InChI=1S/C7H11N3/c1-5-4-6(8)7-9-2-3-10(5)7/h2-3,5-6H,4,8H2,1H3/t5-,6+/m1/s1. The van der Waals surface area contributed by atoms with Gasteiger partial charge in [0.1, 0.15) is 5.82 Å². The lowest BCUT2D eigenvalue weighted by Crippen LogP contribution is -2.06. The second-order valence-electron chi connectivity index (χ2n) is 2.88. The zero-order valence-electron chi connectivity index (χ0n) is 5.99. The summed E-state index contributed by atoms with van der Waals surface area (Å²) in [7, 11) is 0. The van der Waals surface area contributed by atoms with E-state index in [1.165, 1.54) is 0 Å². The van der Waals surface area contributed by atoms with E-state index in [2.05, 4.69) is 16.5 Å². The summed E-state index contributed by atoms with van der Waals surface area (Å²) in [6.07, 6.45) is 4.83. The maximum atomic E-state index is 5.80. The molecule has 0 amide bonds. The molecule has 2 heterocycles. The SMILES string of the molecule is C[C@@H]1C[C@H](N)c2nccn21. The van der Waals surface area contributed by atoms with Crippen LogP contribution in [0.5, 0.6) is 0 Å². The number of fused-ring (bicyclic) bond motifs is 1. The van der Waals surface area contributed by atoms with Crippen molar-refractivity contribution in [3.05, 3.63) is 18.2 Å². The molecule has 0 saturated carbocycles. The summed E-state index contributed by atoms with van der Waals surface area (Å²) in [4.78, 5) is 4.17. The van der Waals surface area contributed by atoms with Gasteiger partial charge >= 0.3 is 0 Å². The first-order valence-electron chi connectivity index (χ1n) is 3.57. The monoisotopic (exact) mass is 137 g/mol. The molecule has 1 aromatic rings. The number of nitrogens with zero attached hydrogens (tertiary/aromatic N) is 2. The lowest BCUT2D eigenvalue weighted by atomic mass is 10.2. The quantitative estimate of drug-likeness (QED) is 0.576. The Kier molecular flexibility index (Phi) is 1.08. The normalized spacial score (nSPS) is 30.6. The minimum Gasteiger partial charge on any atom is -0.331 e. The van der Waals surface area contributed by atoms with E-state index in [1.807, 2.05) is 12.4 Å². The van der Waals surface area contributed by atoms with Crippen molar-refractivity contribution in [2.75, 3.05) is 0 Å². The van der Waals surface area contributed by atoms with Gasteiger partial charge in [-0.2, -0.15) is 0 Å². The van der Waals surface area contributed by atoms with Gasteiger partial charge in [0.2, 0.25) is 0 Å². The summed E-state index contributed by atoms with van der Waals surface area (Å²) in [5.41, 5.74) is 5.80. The fourth-order valence-electron chi connectivity index (χ4n) is 1.57. The van der Waals surface area contributed by atoms with Crippen LogP contribution in [0.2, 0.25) is 0 Å².